The molecule has 6 nitrogen and oxygen atoms in total. The van der Waals surface area contributed by atoms with Crippen molar-refractivity contribution in [3.63, 3.8) is 0 Å². The molecule has 0 bridgehead atoms. The van der Waals surface area contributed by atoms with Crippen LogP contribution in [0.15, 0.2) is 0 Å². The van der Waals surface area contributed by atoms with Gasteiger partial charge in [0.1, 0.15) is 6.42 Å². The van der Waals surface area contributed by atoms with Crippen molar-refractivity contribution in [3.05, 3.63) is 5.51 Å². The number of carbonyl (C=O) groups is 2. The minimum atomic E-state index is -1.18. The number of amides is 1. The van der Waals surface area contributed by atoms with Crippen LogP contribution in [-0.4, -0.2) is 27.2 Å². The first-order valence-electron chi connectivity index (χ1n) is 2.89. The van der Waals surface area contributed by atoms with E-state index < -0.39 is 18.3 Å². The molecule has 1 aromatic rings. The summed E-state index contributed by atoms with van der Waals surface area (Å²) in [4.78, 5) is 20.8. The topological polar surface area (TPSA) is 92.2 Å². The number of carboxylic acid groups (broad SMARTS) is 1. The molecule has 1 radical (unpaired) electrons. The Balaban J connectivity index is 2.42. The zero-order valence-corrected chi connectivity index (χ0v) is 6.59. The van der Waals surface area contributed by atoms with Crippen molar-refractivity contribution in [1.82, 2.24) is 10.2 Å². The van der Waals surface area contributed by atoms with Gasteiger partial charge in [-0.25, -0.2) is 0 Å². The highest BCUT2D eigenvalue weighted by Crippen LogP contribution is 2.06. The van der Waals surface area contributed by atoms with E-state index in [2.05, 4.69) is 21.0 Å². The van der Waals surface area contributed by atoms with Crippen molar-refractivity contribution in [2.45, 2.75) is 6.42 Å². The molecule has 1 amide bonds. The Hall–Kier alpha value is -1.50. The van der Waals surface area contributed by atoms with E-state index >= 15 is 0 Å². The van der Waals surface area contributed by atoms with Gasteiger partial charge in [0.05, 0.1) is 0 Å². The first kappa shape index (κ1) is 8.60. The number of nitrogens with one attached hydrogen (secondary N) is 1. The fourth-order valence-electron chi connectivity index (χ4n) is 0.501. The van der Waals surface area contributed by atoms with Crippen molar-refractivity contribution in [3.8, 4) is 0 Å². The van der Waals surface area contributed by atoms with E-state index in [-0.39, 0.29) is 5.13 Å². The smallest absolute Gasteiger partial charge is 0.312 e. The number of nitrogens with zero attached hydrogens (tertiary/aromatic N) is 2. The lowest BCUT2D eigenvalue weighted by molar-refractivity contribution is -0.139. The van der Waals surface area contributed by atoms with Gasteiger partial charge >= 0.3 is 5.97 Å². The molecule has 0 aliphatic carbocycles. The lowest BCUT2D eigenvalue weighted by Crippen LogP contribution is -2.15. The van der Waals surface area contributed by atoms with Gasteiger partial charge in [-0.05, 0) is 0 Å². The zero-order chi connectivity index (χ0) is 8.97. The summed E-state index contributed by atoms with van der Waals surface area (Å²) in [6.45, 7) is 0. The average Bonchev–Trinajstić information content (AvgIpc) is 2.37. The van der Waals surface area contributed by atoms with Crippen LogP contribution in [0.5, 0.6) is 0 Å². The van der Waals surface area contributed by atoms with Gasteiger partial charge in [0.15, 0.2) is 5.51 Å². The molecule has 0 saturated carbocycles. The predicted molar refractivity (Wildman–Crippen MR) is 39.6 cm³/mol. The van der Waals surface area contributed by atoms with Gasteiger partial charge in [0, 0.05) is 0 Å². The van der Waals surface area contributed by atoms with Gasteiger partial charge in [-0.2, -0.15) is 0 Å². The highest BCUT2D eigenvalue weighted by atomic mass is 32.1. The van der Waals surface area contributed by atoms with Crippen LogP contribution in [0.25, 0.3) is 0 Å². The van der Waals surface area contributed by atoms with Crippen molar-refractivity contribution < 1.29 is 14.7 Å². The molecule has 7 heteroatoms. The van der Waals surface area contributed by atoms with Crippen LogP contribution in [0.4, 0.5) is 5.13 Å². The van der Waals surface area contributed by atoms with Crippen molar-refractivity contribution in [2.24, 2.45) is 0 Å². The van der Waals surface area contributed by atoms with Crippen LogP contribution in [0.2, 0.25) is 0 Å². The van der Waals surface area contributed by atoms with E-state index in [0.717, 1.165) is 11.3 Å². The quantitative estimate of drug-likeness (QED) is 0.635. The van der Waals surface area contributed by atoms with E-state index in [1.54, 1.807) is 0 Å². The van der Waals surface area contributed by atoms with Gasteiger partial charge in [-0.1, -0.05) is 11.3 Å². The molecule has 0 spiro atoms. The van der Waals surface area contributed by atoms with Gasteiger partial charge < -0.3 is 10.4 Å². The minimum Gasteiger partial charge on any atom is -0.481 e. The molecule has 1 aromatic heterocycles. The number of carboxylic acids is 1. The fraction of sp³-hybridized carbons (Fsp3) is 0.200. The summed E-state index contributed by atoms with van der Waals surface area (Å²) in [5.74, 6) is -1.80. The standard InChI is InChI=1S/C5H4N3O3S/c9-3(1-4(10)11)7-5-8-6-2-12-5/h1H2,(H,10,11)(H,7,8,9). The Morgan fingerprint density at radius 3 is 2.92 bits per heavy atom. The molecular formula is C5H4N3O3S. The third-order valence-corrected chi connectivity index (χ3v) is 1.43. The Bertz CT molecular complexity index is 284. The number of aliphatic carboxylic acids is 1. The molecule has 1 rings (SSSR count). The molecule has 0 saturated heterocycles. The molecular weight excluding hydrogens is 182 g/mol. The minimum absolute atomic E-state index is 0.251. The lowest BCUT2D eigenvalue weighted by Gasteiger charge is -1.95. The highest BCUT2D eigenvalue weighted by molar-refractivity contribution is 7.13. The summed E-state index contributed by atoms with van der Waals surface area (Å²) in [7, 11) is 0. The molecule has 0 aliphatic rings. The van der Waals surface area contributed by atoms with E-state index in [1.165, 1.54) is 0 Å². The van der Waals surface area contributed by atoms with Crippen LogP contribution in [0.1, 0.15) is 6.42 Å². The van der Waals surface area contributed by atoms with E-state index in [9.17, 15) is 9.59 Å². The SMILES string of the molecule is O=C(O)CC(=O)Nc1nn[c]s1. The van der Waals surface area contributed by atoms with Gasteiger partial charge in [-0.15, -0.1) is 10.2 Å². The lowest BCUT2D eigenvalue weighted by atomic mass is 10.4. The Morgan fingerprint density at radius 1 is 1.67 bits per heavy atom. The molecule has 0 aliphatic heterocycles. The van der Waals surface area contributed by atoms with Gasteiger partial charge in [0.2, 0.25) is 11.0 Å². The second-order valence-electron chi connectivity index (χ2n) is 1.82. The second-order valence-corrected chi connectivity index (χ2v) is 2.59. The zero-order valence-electron chi connectivity index (χ0n) is 5.77. The van der Waals surface area contributed by atoms with Crippen LogP contribution in [-0.2, 0) is 9.59 Å². The monoisotopic (exact) mass is 186 g/mol. The molecule has 0 aromatic carbocycles. The van der Waals surface area contributed by atoms with Crippen LogP contribution in [0.3, 0.4) is 0 Å². The van der Waals surface area contributed by atoms with Gasteiger partial charge in [0.25, 0.3) is 0 Å². The number of hydrogen-bond acceptors (Lipinski definition) is 5. The molecule has 0 fully saturated rings. The average molecular weight is 186 g/mol. The number of aromatic nitrogens is 2. The Labute approximate surface area is 71.2 Å². The maximum atomic E-state index is 10.8. The largest absolute Gasteiger partial charge is 0.481 e. The van der Waals surface area contributed by atoms with E-state index in [4.69, 9.17) is 5.11 Å². The number of hydrogen-bond donors (Lipinski definition) is 2. The normalized spacial score (nSPS) is 9.33. The predicted octanol–water partition coefficient (Wildman–Crippen LogP) is -0.249. The maximum Gasteiger partial charge on any atom is 0.312 e. The molecule has 12 heavy (non-hydrogen) atoms. The third kappa shape index (κ3) is 2.62. The second kappa shape index (κ2) is 3.77. The van der Waals surface area contributed by atoms with Crippen LogP contribution in [0, 0.1) is 5.51 Å². The van der Waals surface area contributed by atoms with Crippen LogP contribution >= 0.6 is 11.3 Å². The molecule has 63 valence electrons. The summed E-state index contributed by atoms with van der Waals surface area (Å²) in [6, 6.07) is 0. The first-order chi connectivity index (χ1) is 5.68. The Morgan fingerprint density at radius 2 is 2.42 bits per heavy atom. The number of carbonyl (C=O) groups excluding carboxylic acids is 1. The molecule has 0 atom stereocenters. The molecule has 1 heterocycles. The highest BCUT2D eigenvalue weighted by Gasteiger charge is 2.08. The molecule has 2 N–H and O–H groups in total. The number of anilines is 1. The maximum absolute atomic E-state index is 10.8. The van der Waals surface area contributed by atoms with Crippen molar-refractivity contribution in [2.75, 3.05) is 5.32 Å². The van der Waals surface area contributed by atoms with Crippen molar-refractivity contribution >= 4 is 28.3 Å². The summed E-state index contributed by atoms with van der Waals surface area (Å²) in [6.07, 6.45) is -0.570. The first-order valence-corrected chi connectivity index (χ1v) is 3.71. The van der Waals surface area contributed by atoms with Gasteiger partial charge in [-0.3, -0.25) is 9.59 Å². The fourth-order valence-corrected chi connectivity index (χ4v) is 0.916. The van der Waals surface area contributed by atoms with E-state index in [1.807, 2.05) is 0 Å². The summed E-state index contributed by atoms with van der Waals surface area (Å²) >= 11 is 1.01. The Kier molecular flexibility index (Phi) is 2.70. The van der Waals surface area contributed by atoms with Crippen molar-refractivity contribution in [1.29, 1.82) is 0 Å². The summed E-state index contributed by atoms with van der Waals surface area (Å²) in [5.41, 5.74) is 2.41. The van der Waals surface area contributed by atoms with Crippen LogP contribution < -0.4 is 5.32 Å². The summed E-state index contributed by atoms with van der Waals surface area (Å²) in [5, 5.41) is 17.5. The summed E-state index contributed by atoms with van der Waals surface area (Å²) < 4.78 is 0. The van der Waals surface area contributed by atoms with E-state index in [0.29, 0.717) is 0 Å². The third-order valence-electron chi connectivity index (χ3n) is 0.882. The number of rotatable bonds is 3. The molecule has 0 unspecified atom stereocenters.